The lowest BCUT2D eigenvalue weighted by molar-refractivity contribution is -0.147. The first kappa shape index (κ1) is 16.9. The maximum atomic E-state index is 11.9. The van der Waals surface area contributed by atoms with Gasteiger partial charge in [0.25, 0.3) is 0 Å². The summed E-state index contributed by atoms with van der Waals surface area (Å²) in [5.74, 6) is -0.403. The number of carbonyl (C=O) groups is 2. The van der Waals surface area contributed by atoms with Crippen LogP contribution in [0.4, 0.5) is 0 Å². The molecule has 0 bridgehead atoms. The van der Waals surface area contributed by atoms with Crippen LogP contribution in [0.25, 0.3) is 0 Å². The first-order valence-electron chi connectivity index (χ1n) is 6.77. The third-order valence-electron chi connectivity index (χ3n) is 3.80. The summed E-state index contributed by atoms with van der Waals surface area (Å²) in [4.78, 5) is 22.8. The van der Waals surface area contributed by atoms with E-state index in [4.69, 9.17) is 5.11 Å². The van der Waals surface area contributed by atoms with E-state index in [1.54, 1.807) is 13.8 Å². The SMILES string of the molecule is CCC(CC)C(C)C(=O)NCCC(C)(C)C(=O)O. The Morgan fingerprint density at radius 2 is 1.72 bits per heavy atom. The summed E-state index contributed by atoms with van der Waals surface area (Å²) in [7, 11) is 0. The Bertz CT molecular complexity index is 283. The van der Waals surface area contributed by atoms with Crippen LogP contribution in [-0.2, 0) is 9.59 Å². The van der Waals surface area contributed by atoms with Crippen LogP contribution in [-0.4, -0.2) is 23.5 Å². The standard InChI is InChI=1S/C14H27NO3/c1-6-11(7-2)10(3)12(16)15-9-8-14(4,5)13(17)18/h10-11H,6-9H2,1-5H3,(H,15,16)(H,17,18). The second-order valence-electron chi connectivity index (χ2n) is 5.60. The quantitative estimate of drug-likeness (QED) is 0.702. The zero-order chi connectivity index (χ0) is 14.3. The third kappa shape index (κ3) is 5.07. The average Bonchev–Trinajstić information content (AvgIpc) is 2.29. The van der Waals surface area contributed by atoms with Gasteiger partial charge in [0.1, 0.15) is 0 Å². The molecule has 0 aromatic heterocycles. The lowest BCUT2D eigenvalue weighted by Gasteiger charge is -2.22. The highest BCUT2D eigenvalue weighted by atomic mass is 16.4. The summed E-state index contributed by atoms with van der Waals surface area (Å²) in [5.41, 5.74) is -0.786. The monoisotopic (exact) mass is 257 g/mol. The zero-order valence-corrected chi connectivity index (χ0v) is 12.2. The number of hydrogen-bond acceptors (Lipinski definition) is 2. The predicted molar refractivity (Wildman–Crippen MR) is 72.3 cm³/mol. The highest BCUT2D eigenvalue weighted by Gasteiger charge is 2.27. The van der Waals surface area contributed by atoms with Crippen LogP contribution in [0.1, 0.15) is 53.9 Å². The molecule has 0 aliphatic heterocycles. The Balaban J connectivity index is 4.15. The first-order chi connectivity index (χ1) is 8.26. The number of nitrogens with one attached hydrogen (secondary N) is 1. The maximum Gasteiger partial charge on any atom is 0.309 e. The second kappa shape index (κ2) is 7.39. The number of hydrogen-bond donors (Lipinski definition) is 2. The van der Waals surface area contributed by atoms with Crippen LogP contribution in [0.15, 0.2) is 0 Å². The predicted octanol–water partition coefficient (Wildman–Crippen LogP) is 2.68. The molecule has 0 aliphatic carbocycles. The summed E-state index contributed by atoms with van der Waals surface area (Å²) in [6, 6.07) is 0. The minimum Gasteiger partial charge on any atom is -0.481 e. The molecule has 0 spiro atoms. The third-order valence-corrected chi connectivity index (χ3v) is 3.80. The topological polar surface area (TPSA) is 66.4 Å². The lowest BCUT2D eigenvalue weighted by Crippen LogP contribution is -2.36. The Labute approximate surface area is 110 Å². The second-order valence-corrected chi connectivity index (χ2v) is 5.60. The van der Waals surface area contributed by atoms with Crippen molar-refractivity contribution in [1.29, 1.82) is 0 Å². The summed E-state index contributed by atoms with van der Waals surface area (Å²) in [5, 5.41) is 11.8. The van der Waals surface area contributed by atoms with Gasteiger partial charge in [0.2, 0.25) is 5.91 Å². The highest BCUT2D eigenvalue weighted by molar-refractivity contribution is 5.78. The van der Waals surface area contributed by atoms with E-state index in [-0.39, 0.29) is 11.8 Å². The minimum atomic E-state index is -0.829. The minimum absolute atomic E-state index is 0.00654. The van der Waals surface area contributed by atoms with Crippen molar-refractivity contribution in [2.24, 2.45) is 17.3 Å². The van der Waals surface area contributed by atoms with E-state index in [0.717, 1.165) is 12.8 Å². The van der Waals surface area contributed by atoms with E-state index in [2.05, 4.69) is 19.2 Å². The van der Waals surface area contributed by atoms with Gasteiger partial charge in [-0.3, -0.25) is 9.59 Å². The lowest BCUT2D eigenvalue weighted by atomic mass is 9.87. The largest absolute Gasteiger partial charge is 0.481 e. The van der Waals surface area contributed by atoms with E-state index in [1.807, 2.05) is 6.92 Å². The van der Waals surface area contributed by atoms with E-state index >= 15 is 0 Å². The van der Waals surface area contributed by atoms with Crippen molar-refractivity contribution in [3.05, 3.63) is 0 Å². The van der Waals surface area contributed by atoms with Gasteiger partial charge < -0.3 is 10.4 Å². The molecule has 0 rings (SSSR count). The number of aliphatic carboxylic acids is 1. The molecule has 2 N–H and O–H groups in total. The molecule has 0 saturated carbocycles. The van der Waals surface area contributed by atoms with Crippen LogP contribution in [0.2, 0.25) is 0 Å². The fourth-order valence-corrected chi connectivity index (χ4v) is 1.98. The molecule has 0 saturated heterocycles. The molecule has 4 heteroatoms. The van der Waals surface area contributed by atoms with Crippen molar-refractivity contribution >= 4 is 11.9 Å². The van der Waals surface area contributed by atoms with Gasteiger partial charge in [-0.15, -0.1) is 0 Å². The molecule has 1 unspecified atom stereocenters. The van der Waals surface area contributed by atoms with Crippen molar-refractivity contribution in [2.75, 3.05) is 6.54 Å². The summed E-state index contributed by atoms with van der Waals surface area (Å²) >= 11 is 0. The highest BCUT2D eigenvalue weighted by Crippen LogP contribution is 2.21. The zero-order valence-electron chi connectivity index (χ0n) is 12.2. The van der Waals surface area contributed by atoms with Crippen LogP contribution >= 0.6 is 0 Å². The van der Waals surface area contributed by atoms with E-state index < -0.39 is 11.4 Å². The summed E-state index contributed by atoms with van der Waals surface area (Å²) in [6.07, 6.45) is 2.43. The smallest absolute Gasteiger partial charge is 0.309 e. The molecule has 0 aromatic rings. The number of rotatable bonds is 8. The van der Waals surface area contributed by atoms with Gasteiger partial charge in [-0.25, -0.2) is 0 Å². The van der Waals surface area contributed by atoms with Gasteiger partial charge in [0.15, 0.2) is 0 Å². The van der Waals surface area contributed by atoms with Crippen LogP contribution in [0.5, 0.6) is 0 Å². The normalized spacial score (nSPS) is 13.4. The number of carboxylic acids is 1. The molecular formula is C14H27NO3. The molecule has 0 fully saturated rings. The molecule has 0 heterocycles. The van der Waals surface area contributed by atoms with Crippen molar-refractivity contribution in [1.82, 2.24) is 5.32 Å². The van der Waals surface area contributed by atoms with E-state index in [0.29, 0.717) is 18.9 Å². The van der Waals surface area contributed by atoms with Gasteiger partial charge in [-0.2, -0.15) is 0 Å². The fourth-order valence-electron chi connectivity index (χ4n) is 1.98. The number of carbonyl (C=O) groups excluding carboxylic acids is 1. The van der Waals surface area contributed by atoms with Crippen LogP contribution < -0.4 is 5.32 Å². The number of carboxylic acid groups (broad SMARTS) is 1. The van der Waals surface area contributed by atoms with E-state index in [9.17, 15) is 9.59 Å². The molecule has 0 aliphatic rings. The molecular weight excluding hydrogens is 230 g/mol. The van der Waals surface area contributed by atoms with Gasteiger partial charge in [0, 0.05) is 12.5 Å². The van der Waals surface area contributed by atoms with Gasteiger partial charge in [-0.05, 0) is 26.2 Å². The van der Waals surface area contributed by atoms with Crippen LogP contribution in [0.3, 0.4) is 0 Å². The van der Waals surface area contributed by atoms with Gasteiger partial charge >= 0.3 is 5.97 Å². The van der Waals surface area contributed by atoms with Crippen molar-refractivity contribution in [2.45, 2.75) is 53.9 Å². The Kier molecular flexibility index (Phi) is 6.96. The number of amides is 1. The first-order valence-corrected chi connectivity index (χ1v) is 6.77. The maximum absolute atomic E-state index is 11.9. The van der Waals surface area contributed by atoms with E-state index in [1.165, 1.54) is 0 Å². The Morgan fingerprint density at radius 1 is 1.22 bits per heavy atom. The van der Waals surface area contributed by atoms with Gasteiger partial charge in [-0.1, -0.05) is 33.6 Å². The Hall–Kier alpha value is -1.06. The average molecular weight is 257 g/mol. The summed E-state index contributed by atoms with van der Waals surface area (Å²) in [6.45, 7) is 9.88. The fraction of sp³-hybridized carbons (Fsp3) is 0.857. The molecule has 0 aromatic carbocycles. The van der Waals surface area contributed by atoms with Crippen LogP contribution in [0, 0.1) is 17.3 Å². The molecule has 18 heavy (non-hydrogen) atoms. The molecule has 4 nitrogen and oxygen atoms in total. The molecule has 1 atom stereocenters. The molecule has 106 valence electrons. The molecule has 0 radical (unpaired) electrons. The van der Waals surface area contributed by atoms with Gasteiger partial charge in [0.05, 0.1) is 5.41 Å². The van der Waals surface area contributed by atoms with Crippen molar-refractivity contribution in [3.8, 4) is 0 Å². The van der Waals surface area contributed by atoms with Crippen molar-refractivity contribution in [3.63, 3.8) is 0 Å². The Morgan fingerprint density at radius 3 is 2.11 bits per heavy atom. The van der Waals surface area contributed by atoms with Crippen molar-refractivity contribution < 1.29 is 14.7 Å². The summed E-state index contributed by atoms with van der Waals surface area (Å²) < 4.78 is 0. The molecule has 1 amide bonds.